The summed E-state index contributed by atoms with van der Waals surface area (Å²) in [6.07, 6.45) is 0. The molecule has 0 radical (unpaired) electrons. The maximum absolute atomic E-state index is 2.24. The minimum atomic E-state index is 0. The standard InChI is InChI=1S/C13H9.C9H7.2ClH.Hf/c1-3-7-12-10(5-1)9-11-6-2-4-8-13(11)12;1-2-5-9-7-3-6-8(9)4-1;;;/h1-9H;1-7H;2*1H;/q2*-1;;;+4/p-2. The molecule has 0 saturated heterocycles. The maximum Gasteiger partial charge on any atom is 4.00 e. The summed E-state index contributed by atoms with van der Waals surface area (Å²) >= 11 is 0. The number of hydrogen-bond acceptors (Lipinski definition) is 0. The van der Waals surface area contributed by atoms with Crippen molar-refractivity contribution in [1.82, 2.24) is 0 Å². The second-order valence-electron chi connectivity index (χ2n) is 5.47. The van der Waals surface area contributed by atoms with E-state index >= 15 is 0 Å². The quantitative estimate of drug-likeness (QED) is 0.200. The fourth-order valence-electron chi connectivity index (χ4n) is 2.97. The van der Waals surface area contributed by atoms with Crippen molar-refractivity contribution in [1.29, 1.82) is 0 Å². The van der Waals surface area contributed by atoms with Crippen LogP contribution in [-0.4, -0.2) is 0 Å². The first-order valence-electron chi connectivity index (χ1n) is 7.55. The van der Waals surface area contributed by atoms with E-state index < -0.39 is 0 Å². The number of benzene rings is 3. The Kier molecular flexibility index (Phi) is 8.58. The molecule has 0 spiro atoms. The largest absolute Gasteiger partial charge is 4.00 e. The molecule has 0 aliphatic rings. The smallest absolute Gasteiger partial charge is 1.00 e. The molecule has 0 aromatic heterocycles. The van der Waals surface area contributed by atoms with Gasteiger partial charge in [-0.05, 0) is 0 Å². The zero-order chi connectivity index (χ0) is 14.8. The van der Waals surface area contributed by atoms with E-state index in [-0.39, 0.29) is 50.7 Å². The Hall–Kier alpha value is -1.41. The first-order chi connectivity index (χ1) is 10.9. The van der Waals surface area contributed by atoms with Crippen LogP contribution in [0.5, 0.6) is 0 Å². The van der Waals surface area contributed by atoms with Gasteiger partial charge in [0.05, 0.1) is 0 Å². The Morgan fingerprint density at radius 1 is 0.520 bits per heavy atom. The van der Waals surface area contributed by atoms with E-state index in [1.165, 1.54) is 32.3 Å². The van der Waals surface area contributed by atoms with E-state index in [1.807, 2.05) is 0 Å². The van der Waals surface area contributed by atoms with E-state index in [1.54, 1.807) is 0 Å². The zero-order valence-corrected chi connectivity index (χ0v) is 18.6. The van der Waals surface area contributed by atoms with Crippen LogP contribution in [-0.2, 0) is 25.8 Å². The molecule has 0 fully saturated rings. The van der Waals surface area contributed by atoms with Crippen molar-refractivity contribution >= 4 is 32.3 Å². The average molecular weight is 530 g/mol. The summed E-state index contributed by atoms with van der Waals surface area (Å²) in [6, 6.07) is 33.9. The van der Waals surface area contributed by atoms with E-state index in [4.69, 9.17) is 0 Å². The Labute approximate surface area is 179 Å². The summed E-state index contributed by atoms with van der Waals surface area (Å²) in [5.74, 6) is 0. The van der Waals surface area contributed by atoms with Crippen molar-refractivity contribution in [3.8, 4) is 0 Å². The molecular formula is C22H16Cl2Hf. The first-order valence-corrected chi connectivity index (χ1v) is 7.55. The molecule has 0 amide bonds. The normalized spacial score (nSPS) is 9.44. The van der Waals surface area contributed by atoms with Crippen molar-refractivity contribution in [2.75, 3.05) is 0 Å². The molecular weight excluding hydrogens is 514 g/mol. The number of halogens is 2. The Bertz CT molecular complexity index is 963. The fourth-order valence-corrected chi connectivity index (χ4v) is 2.97. The van der Waals surface area contributed by atoms with E-state index in [0.717, 1.165) is 0 Å². The van der Waals surface area contributed by atoms with Crippen molar-refractivity contribution in [3.05, 3.63) is 97.1 Å². The second-order valence-corrected chi connectivity index (χ2v) is 5.47. The van der Waals surface area contributed by atoms with E-state index in [2.05, 4.69) is 97.1 Å². The van der Waals surface area contributed by atoms with Crippen LogP contribution in [0.3, 0.4) is 0 Å². The SMILES string of the molecule is [Cl-].[Cl-].[Hf+4].c1ccc2[cH-]ccc2c1.c1ccc2c(c1)[cH-]c1ccccc12. The maximum atomic E-state index is 2.24. The molecule has 122 valence electrons. The van der Waals surface area contributed by atoms with Crippen LogP contribution in [0.4, 0.5) is 0 Å². The van der Waals surface area contributed by atoms with Gasteiger partial charge in [0.25, 0.3) is 0 Å². The predicted molar refractivity (Wildman–Crippen MR) is 96.6 cm³/mol. The molecule has 5 aromatic rings. The molecule has 5 rings (SSSR count). The molecule has 0 bridgehead atoms. The molecule has 0 N–H and O–H groups in total. The molecule has 0 saturated carbocycles. The molecule has 5 aromatic carbocycles. The van der Waals surface area contributed by atoms with Gasteiger partial charge in [-0.15, -0.1) is 69.4 Å². The van der Waals surface area contributed by atoms with Crippen molar-refractivity contribution < 1.29 is 50.7 Å². The van der Waals surface area contributed by atoms with E-state index in [9.17, 15) is 0 Å². The third-order valence-corrected chi connectivity index (χ3v) is 4.07. The molecule has 0 atom stereocenters. The van der Waals surface area contributed by atoms with Crippen molar-refractivity contribution in [3.63, 3.8) is 0 Å². The van der Waals surface area contributed by atoms with E-state index in [0.29, 0.717) is 0 Å². The van der Waals surface area contributed by atoms with Crippen LogP contribution >= 0.6 is 0 Å². The summed E-state index contributed by atoms with van der Waals surface area (Å²) in [5.41, 5.74) is 0. The van der Waals surface area contributed by atoms with Gasteiger partial charge < -0.3 is 24.8 Å². The minimum Gasteiger partial charge on any atom is -1.00 e. The van der Waals surface area contributed by atoms with Gasteiger partial charge in [-0.2, -0.15) is 17.5 Å². The van der Waals surface area contributed by atoms with Gasteiger partial charge in [-0.1, -0.05) is 42.5 Å². The monoisotopic (exact) mass is 530 g/mol. The van der Waals surface area contributed by atoms with Gasteiger partial charge >= 0.3 is 25.8 Å². The van der Waals surface area contributed by atoms with Crippen LogP contribution in [0.1, 0.15) is 0 Å². The molecule has 0 aliphatic heterocycles. The van der Waals surface area contributed by atoms with Gasteiger partial charge in [0.15, 0.2) is 0 Å². The fraction of sp³-hybridized carbons (Fsp3) is 0. The summed E-state index contributed by atoms with van der Waals surface area (Å²) < 4.78 is 0. The van der Waals surface area contributed by atoms with Crippen LogP contribution in [0.25, 0.3) is 32.3 Å². The van der Waals surface area contributed by atoms with Gasteiger partial charge in [0, 0.05) is 0 Å². The Morgan fingerprint density at radius 2 is 1.00 bits per heavy atom. The summed E-state index contributed by atoms with van der Waals surface area (Å²) in [4.78, 5) is 0. The van der Waals surface area contributed by atoms with Gasteiger partial charge in [-0.25, -0.2) is 0 Å². The molecule has 0 nitrogen and oxygen atoms in total. The number of rotatable bonds is 0. The zero-order valence-electron chi connectivity index (χ0n) is 13.5. The van der Waals surface area contributed by atoms with Crippen molar-refractivity contribution in [2.45, 2.75) is 0 Å². The molecule has 0 heterocycles. The van der Waals surface area contributed by atoms with Gasteiger partial charge in [0.1, 0.15) is 0 Å². The van der Waals surface area contributed by atoms with Gasteiger partial charge in [-0.3, -0.25) is 0 Å². The summed E-state index contributed by atoms with van der Waals surface area (Å²) in [6.45, 7) is 0. The van der Waals surface area contributed by atoms with Gasteiger partial charge in [0.2, 0.25) is 0 Å². The van der Waals surface area contributed by atoms with Crippen molar-refractivity contribution in [2.24, 2.45) is 0 Å². The Balaban J connectivity index is 0.000000234. The third-order valence-electron chi connectivity index (χ3n) is 4.07. The average Bonchev–Trinajstić information content (AvgIpc) is 3.19. The summed E-state index contributed by atoms with van der Waals surface area (Å²) in [7, 11) is 0. The third kappa shape index (κ3) is 4.61. The predicted octanol–water partition coefficient (Wildman–Crippen LogP) is 0.276. The van der Waals surface area contributed by atoms with Crippen LogP contribution in [0, 0.1) is 0 Å². The molecule has 25 heavy (non-hydrogen) atoms. The first kappa shape index (κ1) is 21.6. The number of fused-ring (bicyclic) bond motifs is 4. The summed E-state index contributed by atoms with van der Waals surface area (Å²) in [5, 5.41) is 8.05. The minimum absolute atomic E-state index is 0. The molecule has 3 heteroatoms. The molecule has 0 aliphatic carbocycles. The second kappa shape index (κ2) is 9.91. The van der Waals surface area contributed by atoms with Crippen LogP contribution in [0.15, 0.2) is 97.1 Å². The molecule has 0 unspecified atom stereocenters. The van der Waals surface area contributed by atoms with Crippen LogP contribution in [0.2, 0.25) is 0 Å². The Morgan fingerprint density at radius 3 is 1.56 bits per heavy atom. The van der Waals surface area contributed by atoms with Crippen LogP contribution < -0.4 is 24.8 Å². The number of hydrogen-bond donors (Lipinski definition) is 0. The topological polar surface area (TPSA) is 0 Å².